The lowest BCUT2D eigenvalue weighted by Gasteiger charge is -2.47. The van der Waals surface area contributed by atoms with Gasteiger partial charge < -0.3 is 9.64 Å². The molecule has 3 heterocycles. The lowest BCUT2D eigenvalue weighted by molar-refractivity contribution is -0.146. The first-order valence-corrected chi connectivity index (χ1v) is 9.36. The van der Waals surface area contributed by atoms with Crippen LogP contribution < -0.4 is 4.90 Å². The van der Waals surface area contributed by atoms with Gasteiger partial charge in [-0.1, -0.05) is 6.07 Å². The fourth-order valence-corrected chi connectivity index (χ4v) is 4.11. The highest BCUT2D eigenvalue weighted by Gasteiger charge is 2.43. The van der Waals surface area contributed by atoms with Gasteiger partial charge in [-0.3, -0.25) is 14.7 Å². The van der Waals surface area contributed by atoms with Gasteiger partial charge in [0.2, 0.25) is 0 Å². The molecule has 5 nitrogen and oxygen atoms in total. The van der Waals surface area contributed by atoms with E-state index in [2.05, 4.69) is 16.0 Å². The second-order valence-electron chi connectivity index (χ2n) is 7.61. The number of carbonyl (C=O) groups excluding carboxylic acids is 1. The van der Waals surface area contributed by atoms with Gasteiger partial charge in [0.05, 0.1) is 12.1 Å². The van der Waals surface area contributed by atoms with E-state index in [0.29, 0.717) is 6.54 Å². The Morgan fingerprint density at radius 2 is 2.04 bits per heavy atom. The maximum absolute atomic E-state index is 13.2. The number of amides is 1. The lowest BCUT2D eigenvalue weighted by atomic mass is 9.90. The van der Waals surface area contributed by atoms with Crippen LogP contribution in [0.15, 0.2) is 42.7 Å². The number of aryl methyl sites for hydroxylation is 1. The predicted octanol–water partition coefficient (Wildman–Crippen LogP) is 2.93. The standard InChI is InChI=1S/C21H24FN3O2/c1-16-9-17(11-23-10-16)12-24-8-2-7-21(14-24)15-25(20(26)13-27-21)19-5-3-18(22)4-6-19/h3-6,9-11H,2,7-8,12-15H2,1H3. The molecule has 1 aromatic heterocycles. The maximum Gasteiger partial charge on any atom is 0.253 e. The van der Waals surface area contributed by atoms with Crippen LogP contribution in [0.4, 0.5) is 10.1 Å². The van der Waals surface area contributed by atoms with Crippen molar-refractivity contribution in [3.63, 3.8) is 0 Å². The predicted molar refractivity (Wildman–Crippen MR) is 101 cm³/mol. The fraction of sp³-hybridized carbons (Fsp3) is 0.429. The second kappa shape index (κ2) is 7.37. The van der Waals surface area contributed by atoms with Gasteiger partial charge in [-0.25, -0.2) is 4.39 Å². The molecule has 0 bridgehead atoms. The van der Waals surface area contributed by atoms with Crippen LogP contribution in [0.3, 0.4) is 0 Å². The Morgan fingerprint density at radius 3 is 2.81 bits per heavy atom. The normalized spacial score (nSPS) is 23.8. The quantitative estimate of drug-likeness (QED) is 0.835. The number of carbonyl (C=O) groups is 1. The van der Waals surface area contributed by atoms with E-state index < -0.39 is 0 Å². The molecule has 0 saturated carbocycles. The van der Waals surface area contributed by atoms with Crippen LogP contribution in [0, 0.1) is 12.7 Å². The van der Waals surface area contributed by atoms with Gasteiger partial charge in [0.25, 0.3) is 5.91 Å². The smallest absolute Gasteiger partial charge is 0.253 e. The Hall–Kier alpha value is -2.31. The zero-order valence-corrected chi connectivity index (χ0v) is 15.5. The van der Waals surface area contributed by atoms with Gasteiger partial charge >= 0.3 is 0 Å². The van der Waals surface area contributed by atoms with Crippen LogP contribution >= 0.6 is 0 Å². The minimum Gasteiger partial charge on any atom is -0.362 e. The summed E-state index contributed by atoms with van der Waals surface area (Å²) in [6, 6.07) is 8.26. The van der Waals surface area contributed by atoms with E-state index in [4.69, 9.17) is 4.74 Å². The molecule has 1 aromatic carbocycles. The van der Waals surface area contributed by atoms with Gasteiger partial charge in [-0.15, -0.1) is 0 Å². The number of morpholine rings is 1. The van der Waals surface area contributed by atoms with E-state index in [1.165, 1.54) is 17.7 Å². The van der Waals surface area contributed by atoms with E-state index in [1.54, 1.807) is 17.0 Å². The molecule has 0 aliphatic carbocycles. The van der Waals surface area contributed by atoms with Gasteiger partial charge in [0.15, 0.2) is 0 Å². The average Bonchev–Trinajstić information content (AvgIpc) is 2.65. The number of piperidine rings is 1. The summed E-state index contributed by atoms with van der Waals surface area (Å²) in [6.45, 7) is 5.21. The molecule has 1 spiro atoms. The Labute approximate surface area is 158 Å². The Balaban J connectivity index is 1.49. The minimum absolute atomic E-state index is 0.0667. The number of rotatable bonds is 3. The van der Waals surface area contributed by atoms with Crippen LogP contribution in [-0.2, 0) is 16.1 Å². The summed E-state index contributed by atoms with van der Waals surface area (Å²) in [4.78, 5) is 20.8. The number of hydrogen-bond acceptors (Lipinski definition) is 4. The molecule has 27 heavy (non-hydrogen) atoms. The van der Waals surface area contributed by atoms with Gasteiger partial charge in [-0.2, -0.15) is 0 Å². The number of nitrogens with zero attached hydrogens (tertiary/aromatic N) is 3. The van der Waals surface area contributed by atoms with Crippen molar-refractivity contribution < 1.29 is 13.9 Å². The van der Waals surface area contributed by atoms with Crippen LogP contribution in [0.2, 0.25) is 0 Å². The molecule has 0 radical (unpaired) electrons. The lowest BCUT2D eigenvalue weighted by Crippen LogP contribution is -2.61. The zero-order chi connectivity index (χ0) is 18.9. The van der Waals surface area contributed by atoms with Gasteiger partial charge in [0, 0.05) is 31.2 Å². The molecular weight excluding hydrogens is 345 g/mol. The first kappa shape index (κ1) is 18.1. The first-order chi connectivity index (χ1) is 13.0. The largest absolute Gasteiger partial charge is 0.362 e. The van der Waals surface area contributed by atoms with E-state index in [1.807, 2.05) is 19.3 Å². The van der Waals surface area contributed by atoms with Crippen molar-refractivity contribution in [2.45, 2.75) is 31.9 Å². The van der Waals surface area contributed by atoms with E-state index in [-0.39, 0.29) is 23.9 Å². The fourth-order valence-electron chi connectivity index (χ4n) is 4.11. The number of likely N-dealkylation sites (tertiary alicyclic amines) is 1. The van der Waals surface area contributed by atoms with E-state index in [0.717, 1.165) is 43.7 Å². The number of aromatic nitrogens is 1. The van der Waals surface area contributed by atoms with Crippen molar-refractivity contribution in [2.24, 2.45) is 0 Å². The highest BCUT2D eigenvalue weighted by Crippen LogP contribution is 2.32. The van der Waals surface area contributed by atoms with Crippen molar-refractivity contribution in [1.29, 1.82) is 0 Å². The summed E-state index contributed by atoms with van der Waals surface area (Å²) in [5, 5.41) is 0. The summed E-state index contributed by atoms with van der Waals surface area (Å²) in [5.74, 6) is -0.378. The van der Waals surface area contributed by atoms with Crippen LogP contribution in [0.5, 0.6) is 0 Å². The van der Waals surface area contributed by atoms with Crippen LogP contribution in [0.25, 0.3) is 0 Å². The van der Waals surface area contributed by atoms with Gasteiger partial charge in [-0.05, 0) is 61.7 Å². The minimum atomic E-state index is -0.377. The molecular formula is C21H24FN3O2. The monoisotopic (exact) mass is 369 g/mol. The molecule has 1 unspecified atom stereocenters. The third kappa shape index (κ3) is 4.01. The van der Waals surface area contributed by atoms with Crippen molar-refractivity contribution in [1.82, 2.24) is 9.88 Å². The number of pyridine rings is 1. The molecule has 1 atom stereocenters. The molecule has 0 N–H and O–H groups in total. The third-order valence-electron chi connectivity index (χ3n) is 5.34. The molecule has 4 rings (SSSR count). The van der Waals surface area contributed by atoms with Crippen molar-refractivity contribution >= 4 is 11.6 Å². The number of halogens is 1. The summed E-state index contributed by atoms with van der Waals surface area (Å²) in [6.07, 6.45) is 5.70. The van der Waals surface area contributed by atoms with Crippen LogP contribution in [0.1, 0.15) is 24.0 Å². The average molecular weight is 369 g/mol. The first-order valence-electron chi connectivity index (χ1n) is 9.36. The Kier molecular flexibility index (Phi) is 4.93. The Bertz CT molecular complexity index is 826. The van der Waals surface area contributed by atoms with E-state index >= 15 is 0 Å². The second-order valence-corrected chi connectivity index (χ2v) is 7.61. The highest BCUT2D eigenvalue weighted by atomic mass is 19.1. The van der Waals surface area contributed by atoms with Crippen molar-refractivity contribution in [3.8, 4) is 0 Å². The molecule has 2 aromatic rings. The summed E-state index contributed by atoms with van der Waals surface area (Å²) < 4.78 is 19.3. The molecule has 2 fully saturated rings. The maximum atomic E-state index is 13.2. The molecule has 2 saturated heterocycles. The summed E-state index contributed by atoms with van der Waals surface area (Å²) in [5.41, 5.74) is 2.69. The molecule has 6 heteroatoms. The number of hydrogen-bond donors (Lipinski definition) is 0. The topological polar surface area (TPSA) is 45.7 Å². The molecule has 142 valence electrons. The van der Waals surface area contributed by atoms with Crippen molar-refractivity contribution in [2.75, 3.05) is 31.1 Å². The Morgan fingerprint density at radius 1 is 1.22 bits per heavy atom. The van der Waals surface area contributed by atoms with E-state index in [9.17, 15) is 9.18 Å². The number of anilines is 1. The third-order valence-corrected chi connectivity index (χ3v) is 5.34. The molecule has 2 aliphatic heterocycles. The molecule has 1 amide bonds. The number of ether oxygens (including phenoxy) is 1. The SMILES string of the molecule is Cc1cncc(CN2CCCC3(C2)CN(c2ccc(F)cc2)C(=O)CO3)c1. The van der Waals surface area contributed by atoms with Gasteiger partial charge in [0.1, 0.15) is 12.4 Å². The zero-order valence-electron chi connectivity index (χ0n) is 15.5. The summed E-state index contributed by atoms with van der Waals surface area (Å²) >= 11 is 0. The highest BCUT2D eigenvalue weighted by molar-refractivity contribution is 5.95. The van der Waals surface area contributed by atoms with Crippen LogP contribution in [-0.4, -0.2) is 47.6 Å². The number of benzene rings is 1. The summed E-state index contributed by atoms with van der Waals surface area (Å²) in [7, 11) is 0. The molecule has 2 aliphatic rings. The van der Waals surface area contributed by atoms with Crippen molar-refractivity contribution in [3.05, 3.63) is 59.7 Å².